The van der Waals surface area contributed by atoms with Gasteiger partial charge in [-0.1, -0.05) is 13.8 Å². The summed E-state index contributed by atoms with van der Waals surface area (Å²) in [7, 11) is 0. The van der Waals surface area contributed by atoms with Gasteiger partial charge >= 0.3 is 0 Å². The van der Waals surface area contributed by atoms with Gasteiger partial charge in [0.1, 0.15) is 5.70 Å². The van der Waals surface area contributed by atoms with Gasteiger partial charge in [-0.15, -0.1) is 11.3 Å². The molecule has 0 aliphatic carbocycles. The molecule has 1 N–H and O–H groups in total. The molecular weight excluding hydrogens is 264 g/mol. The van der Waals surface area contributed by atoms with Crippen LogP contribution in [0.2, 0.25) is 0 Å². The predicted octanol–water partition coefficient (Wildman–Crippen LogP) is 2.77. The molecule has 2 heterocycles. The second-order valence-corrected chi connectivity index (χ2v) is 6.45. The SMILES string of the molecule is Cc1ccc(/C=C2/NC(=S)N(CC(C)C)C2=O)s1. The fourth-order valence-electron chi connectivity index (χ4n) is 1.78. The van der Waals surface area contributed by atoms with Gasteiger partial charge in [0.15, 0.2) is 5.11 Å². The summed E-state index contributed by atoms with van der Waals surface area (Å²) in [5, 5.41) is 3.50. The van der Waals surface area contributed by atoms with Crippen molar-refractivity contribution in [2.45, 2.75) is 20.8 Å². The van der Waals surface area contributed by atoms with Crippen molar-refractivity contribution in [2.24, 2.45) is 5.92 Å². The molecule has 18 heavy (non-hydrogen) atoms. The van der Waals surface area contributed by atoms with Crippen LogP contribution in [0, 0.1) is 12.8 Å². The zero-order valence-corrected chi connectivity index (χ0v) is 12.3. The van der Waals surface area contributed by atoms with Gasteiger partial charge in [-0.05, 0) is 43.3 Å². The first-order valence-electron chi connectivity index (χ1n) is 5.88. The van der Waals surface area contributed by atoms with E-state index in [-0.39, 0.29) is 5.91 Å². The van der Waals surface area contributed by atoms with E-state index in [0.717, 1.165) is 4.88 Å². The molecule has 1 amide bonds. The van der Waals surface area contributed by atoms with Crippen LogP contribution in [-0.4, -0.2) is 22.5 Å². The standard InChI is InChI=1S/C13H16N2OS2/c1-8(2)7-15-12(16)11(14-13(15)17)6-10-5-4-9(3)18-10/h4-6,8H,7H2,1-3H3,(H,14,17)/b11-6+. The largest absolute Gasteiger partial charge is 0.328 e. The van der Waals surface area contributed by atoms with Crippen LogP contribution in [0.25, 0.3) is 6.08 Å². The summed E-state index contributed by atoms with van der Waals surface area (Å²) in [4.78, 5) is 16.1. The molecule has 96 valence electrons. The summed E-state index contributed by atoms with van der Waals surface area (Å²) < 4.78 is 0. The third-order valence-corrected chi connectivity index (χ3v) is 3.83. The van der Waals surface area contributed by atoms with Crippen LogP contribution in [0.5, 0.6) is 0 Å². The molecule has 1 aromatic heterocycles. The highest BCUT2D eigenvalue weighted by molar-refractivity contribution is 7.80. The molecule has 0 spiro atoms. The summed E-state index contributed by atoms with van der Waals surface area (Å²) in [6, 6.07) is 4.05. The van der Waals surface area contributed by atoms with Crippen molar-refractivity contribution >= 4 is 40.7 Å². The molecule has 0 unspecified atom stereocenters. The highest BCUT2D eigenvalue weighted by Crippen LogP contribution is 2.20. The third kappa shape index (κ3) is 2.79. The molecule has 1 aromatic rings. The van der Waals surface area contributed by atoms with Gasteiger partial charge in [0.25, 0.3) is 5.91 Å². The monoisotopic (exact) mass is 280 g/mol. The van der Waals surface area contributed by atoms with E-state index in [1.165, 1.54) is 4.88 Å². The number of rotatable bonds is 3. The molecule has 0 bridgehead atoms. The van der Waals surface area contributed by atoms with Crippen LogP contribution < -0.4 is 5.32 Å². The van der Waals surface area contributed by atoms with Crippen molar-refractivity contribution in [3.63, 3.8) is 0 Å². The lowest BCUT2D eigenvalue weighted by Crippen LogP contribution is -2.33. The number of thiophene rings is 1. The fourth-order valence-corrected chi connectivity index (χ4v) is 2.86. The van der Waals surface area contributed by atoms with Gasteiger partial charge in [0, 0.05) is 16.3 Å². The van der Waals surface area contributed by atoms with E-state index in [1.807, 2.05) is 25.1 Å². The number of amides is 1. The van der Waals surface area contributed by atoms with Gasteiger partial charge in [0.05, 0.1) is 0 Å². The summed E-state index contributed by atoms with van der Waals surface area (Å²) in [6.45, 7) is 6.85. The Kier molecular flexibility index (Phi) is 3.82. The van der Waals surface area contributed by atoms with E-state index < -0.39 is 0 Å². The van der Waals surface area contributed by atoms with Crippen molar-refractivity contribution in [2.75, 3.05) is 6.54 Å². The predicted molar refractivity (Wildman–Crippen MR) is 79.3 cm³/mol. The average Bonchev–Trinajstić information content (AvgIpc) is 2.78. The Bertz CT molecular complexity index is 517. The number of aryl methyl sites for hydroxylation is 1. The van der Waals surface area contributed by atoms with Crippen molar-refractivity contribution in [3.05, 3.63) is 27.6 Å². The Morgan fingerprint density at radius 2 is 2.22 bits per heavy atom. The first kappa shape index (κ1) is 13.2. The van der Waals surface area contributed by atoms with E-state index >= 15 is 0 Å². The quantitative estimate of drug-likeness (QED) is 0.682. The van der Waals surface area contributed by atoms with Crippen LogP contribution in [0.15, 0.2) is 17.8 Å². The molecule has 2 rings (SSSR count). The minimum Gasteiger partial charge on any atom is -0.328 e. The maximum Gasteiger partial charge on any atom is 0.276 e. The van der Waals surface area contributed by atoms with Crippen molar-refractivity contribution in [3.8, 4) is 0 Å². The average molecular weight is 280 g/mol. The lowest BCUT2D eigenvalue weighted by molar-refractivity contribution is -0.122. The number of carbonyl (C=O) groups is 1. The number of thiocarbonyl (C=S) groups is 1. The van der Waals surface area contributed by atoms with Gasteiger partial charge in [0.2, 0.25) is 0 Å². The van der Waals surface area contributed by atoms with Crippen LogP contribution >= 0.6 is 23.6 Å². The maximum absolute atomic E-state index is 12.2. The molecule has 0 aromatic carbocycles. The van der Waals surface area contributed by atoms with E-state index in [2.05, 4.69) is 19.2 Å². The van der Waals surface area contributed by atoms with Crippen LogP contribution in [-0.2, 0) is 4.79 Å². The molecule has 5 heteroatoms. The van der Waals surface area contributed by atoms with E-state index in [1.54, 1.807) is 16.2 Å². The summed E-state index contributed by atoms with van der Waals surface area (Å²) >= 11 is 6.85. The number of carbonyl (C=O) groups excluding carboxylic acids is 1. The Morgan fingerprint density at radius 1 is 1.50 bits per heavy atom. The first-order chi connectivity index (χ1) is 8.47. The Morgan fingerprint density at radius 3 is 2.78 bits per heavy atom. The van der Waals surface area contributed by atoms with Gasteiger partial charge in [-0.25, -0.2) is 0 Å². The number of nitrogens with one attached hydrogen (secondary N) is 1. The second-order valence-electron chi connectivity index (χ2n) is 4.75. The minimum absolute atomic E-state index is 0.0280. The van der Waals surface area contributed by atoms with Crippen molar-refractivity contribution in [1.82, 2.24) is 10.2 Å². The zero-order valence-electron chi connectivity index (χ0n) is 10.7. The molecule has 1 saturated heterocycles. The number of hydrogen-bond acceptors (Lipinski definition) is 3. The van der Waals surface area contributed by atoms with Gasteiger partial charge in [-0.3, -0.25) is 9.69 Å². The Hall–Kier alpha value is -1.20. The topological polar surface area (TPSA) is 32.3 Å². The zero-order chi connectivity index (χ0) is 13.3. The maximum atomic E-state index is 12.2. The first-order valence-corrected chi connectivity index (χ1v) is 7.11. The second kappa shape index (κ2) is 5.20. The molecule has 3 nitrogen and oxygen atoms in total. The van der Waals surface area contributed by atoms with Crippen molar-refractivity contribution < 1.29 is 4.79 Å². The smallest absolute Gasteiger partial charge is 0.276 e. The normalized spacial score (nSPS) is 18.0. The van der Waals surface area contributed by atoms with Crippen LogP contribution in [0.1, 0.15) is 23.6 Å². The minimum atomic E-state index is -0.0280. The number of hydrogen-bond donors (Lipinski definition) is 1. The Balaban J connectivity index is 2.19. The highest BCUT2D eigenvalue weighted by Gasteiger charge is 2.30. The van der Waals surface area contributed by atoms with E-state index in [0.29, 0.717) is 23.3 Å². The molecule has 1 aliphatic heterocycles. The van der Waals surface area contributed by atoms with Gasteiger partial charge < -0.3 is 5.32 Å². The van der Waals surface area contributed by atoms with Crippen LogP contribution in [0.3, 0.4) is 0 Å². The molecule has 1 fully saturated rings. The molecule has 0 radical (unpaired) electrons. The van der Waals surface area contributed by atoms with E-state index in [9.17, 15) is 4.79 Å². The lowest BCUT2D eigenvalue weighted by atomic mass is 10.2. The van der Waals surface area contributed by atoms with E-state index in [4.69, 9.17) is 12.2 Å². The third-order valence-electron chi connectivity index (χ3n) is 2.56. The van der Waals surface area contributed by atoms with Gasteiger partial charge in [-0.2, -0.15) is 0 Å². The highest BCUT2D eigenvalue weighted by atomic mass is 32.1. The number of nitrogens with zero attached hydrogens (tertiary/aromatic N) is 1. The molecule has 1 aliphatic rings. The lowest BCUT2D eigenvalue weighted by Gasteiger charge is -2.15. The van der Waals surface area contributed by atoms with Crippen molar-refractivity contribution in [1.29, 1.82) is 0 Å². The molecule has 0 saturated carbocycles. The summed E-state index contributed by atoms with van der Waals surface area (Å²) in [6.07, 6.45) is 1.87. The summed E-state index contributed by atoms with van der Waals surface area (Å²) in [5.41, 5.74) is 0.572. The molecule has 0 atom stereocenters. The molecular formula is C13H16N2OS2. The fraction of sp³-hybridized carbons (Fsp3) is 0.385. The Labute approximate surface area is 116 Å². The van der Waals surface area contributed by atoms with Crippen LogP contribution in [0.4, 0.5) is 0 Å². The summed E-state index contributed by atoms with van der Waals surface area (Å²) in [5.74, 6) is 0.372.